The van der Waals surface area contributed by atoms with Crippen LogP contribution in [0.25, 0.3) is 60.6 Å². The zero-order valence-electron chi connectivity index (χ0n) is 23.1. The summed E-state index contributed by atoms with van der Waals surface area (Å²) in [5.74, 6) is 0. The Hall–Kier alpha value is -5.32. The van der Waals surface area contributed by atoms with Crippen molar-refractivity contribution < 1.29 is 9.52 Å². The van der Waals surface area contributed by atoms with Crippen LogP contribution in [0.4, 0.5) is 11.4 Å². The highest BCUT2D eigenvalue weighted by molar-refractivity contribution is 6.10. The van der Waals surface area contributed by atoms with Gasteiger partial charge in [-0.15, -0.1) is 0 Å². The van der Waals surface area contributed by atoms with Gasteiger partial charge < -0.3 is 19.0 Å². The van der Waals surface area contributed by atoms with Gasteiger partial charge in [-0.05, 0) is 67.1 Å². The lowest BCUT2D eigenvalue weighted by Gasteiger charge is -2.28. The summed E-state index contributed by atoms with van der Waals surface area (Å²) >= 11 is 0. The van der Waals surface area contributed by atoms with E-state index in [1.807, 2.05) is 23.1 Å². The standard InChI is InChI=1S/C38H28N2O2/c1-25(41)39(27-19-17-26(18-20-27)30-12-8-13-34-33-11-4-7-16-37(33)42-38(30)34)28-21-23-29(24-22-28)40-35-14-5-2-9-31(35)32-10-3-6-15-36(32)40/h2-25,41H,1H3. The van der Waals surface area contributed by atoms with Gasteiger partial charge in [-0.3, -0.25) is 0 Å². The highest BCUT2D eigenvalue weighted by Crippen LogP contribution is 2.38. The number of fused-ring (bicyclic) bond motifs is 6. The maximum absolute atomic E-state index is 10.9. The first-order chi connectivity index (χ1) is 20.7. The van der Waals surface area contributed by atoms with Gasteiger partial charge in [0.2, 0.25) is 0 Å². The third-order valence-corrected chi connectivity index (χ3v) is 8.20. The van der Waals surface area contributed by atoms with Crippen molar-refractivity contribution in [1.82, 2.24) is 4.57 Å². The van der Waals surface area contributed by atoms with Crippen LogP contribution in [0.15, 0.2) is 144 Å². The molecule has 4 heteroatoms. The third kappa shape index (κ3) is 3.80. The van der Waals surface area contributed by atoms with Crippen molar-refractivity contribution in [3.05, 3.63) is 140 Å². The lowest BCUT2D eigenvalue weighted by atomic mass is 10.0. The van der Waals surface area contributed by atoms with E-state index >= 15 is 0 Å². The number of furan rings is 1. The summed E-state index contributed by atoms with van der Waals surface area (Å²) < 4.78 is 8.57. The molecule has 0 amide bonds. The molecule has 0 aliphatic carbocycles. The molecular formula is C38H28N2O2. The lowest BCUT2D eigenvalue weighted by molar-refractivity contribution is 0.201. The Bertz CT molecular complexity index is 2170. The summed E-state index contributed by atoms with van der Waals surface area (Å²) in [5, 5.41) is 15.6. The number of aromatic nitrogens is 1. The molecule has 1 atom stereocenters. The predicted molar refractivity (Wildman–Crippen MR) is 174 cm³/mol. The molecule has 2 heterocycles. The molecule has 0 aliphatic heterocycles. The van der Waals surface area contributed by atoms with E-state index in [4.69, 9.17) is 4.42 Å². The predicted octanol–water partition coefficient (Wildman–Crippen LogP) is 9.83. The number of nitrogens with zero attached hydrogens (tertiary/aromatic N) is 2. The first-order valence-electron chi connectivity index (χ1n) is 14.2. The van der Waals surface area contributed by atoms with Crippen molar-refractivity contribution in [2.24, 2.45) is 0 Å². The van der Waals surface area contributed by atoms with Crippen LogP contribution in [-0.4, -0.2) is 15.9 Å². The molecule has 0 saturated heterocycles. The van der Waals surface area contributed by atoms with E-state index in [0.29, 0.717) is 0 Å². The van der Waals surface area contributed by atoms with Crippen LogP contribution in [0.2, 0.25) is 0 Å². The topological polar surface area (TPSA) is 41.5 Å². The molecule has 0 radical (unpaired) electrons. The van der Waals surface area contributed by atoms with Gasteiger partial charge in [0.25, 0.3) is 0 Å². The first kappa shape index (κ1) is 24.5. The summed E-state index contributed by atoms with van der Waals surface area (Å²) in [6.45, 7) is 1.80. The summed E-state index contributed by atoms with van der Waals surface area (Å²) in [7, 11) is 0. The second-order valence-electron chi connectivity index (χ2n) is 10.7. The molecule has 0 saturated carbocycles. The Morgan fingerprint density at radius 3 is 1.76 bits per heavy atom. The number of anilines is 2. The monoisotopic (exact) mass is 544 g/mol. The van der Waals surface area contributed by atoms with Gasteiger partial charge in [-0.25, -0.2) is 0 Å². The molecule has 8 aromatic rings. The fourth-order valence-electron chi connectivity index (χ4n) is 6.32. The largest absolute Gasteiger partial charge is 0.455 e. The molecule has 4 nitrogen and oxygen atoms in total. The number of para-hydroxylation sites is 4. The van der Waals surface area contributed by atoms with Crippen molar-refractivity contribution in [1.29, 1.82) is 0 Å². The SMILES string of the molecule is CC(O)N(c1ccc(-c2cccc3c2oc2ccccc23)cc1)c1ccc(-n2c3ccccc3c3ccccc32)cc1. The Labute approximate surface area is 243 Å². The van der Waals surface area contributed by atoms with E-state index < -0.39 is 6.23 Å². The molecule has 0 spiro atoms. The van der Waals surface area contributed by atoms with Crippen LogP contribution in [-0.2, 0) is 0 Å². The van der Waals surface area contributed by atoms with Crippen molar-refractivity contribution in [3.63, 3.8) is 0 Å². The van der Waals surface area contributed by atoms with Crippen LogP contribution in [0.3, 0.4) is 0 Å². The Kier molecular flexibility index (Phi) is 5.62. The molecule has 2 aromatic heterocycles. The molecule has 42 heavy (non-hydrogen) atoms. The van der Waals surface area contributed by atoms with Crippen LogP contribution in [0.5, 0.6) is 0 Å². The van der Waals surface area contributed by atoms with Gasteiger partial charge >= 0.3 is 0 Å². The van der Waals surface area contributed by atoms with Gasteiger partial charge in [0, 0.05) is 44.2 Å². The van der Waals surface area contributed by atoms with Gasteiger partial charge in [0.15, 0.2) is 0 Å². The minimum absolute atomic E-state index is 0.714. The smallest absolute Gasteiger partial charge is 0.143 e. The van der Waals surface area contributed by atoms with E-state index in [1.54, 1.807) is 6.92 Å². The molecule has 0 aliphatic rings. The van der Waals surface area contributed by atoms with E-state index in [1.165, 1.54) is 21.8 Å². The highest BCUT2D eigenvalue weighted by Gasteiger charge is 2.17. The minimum Gasteiger partial charge on any atom is -0.455 e. The summed E-state index contributed by atoms with van der Waals surface area (Å²) in [6.07, 6.45) is -0.714. The van der Waals surface area contributed by atoms with Crippen LogP contribution >= 0.6 is 0 Å². The quantitative estimate of drug-likeness (QED) is 0.219. The maximum atomic E-state index is 10.9. The zero-order valence-corrected chi connectivity index (χ0v) is 23.1. The van der Waals surface area contributed by atoms with E-state index in [9.17, 15) is 5.11 Å². The van der Waals surface area contributed by atoms with Crippen molar-refractivity contribution in [2.75, 3.05) is 4.90 Å². The molecule has 1 unspecified atom stereocenters. The Balaban J connectivity index is 1.16. The molecule has 0 fully saturated rings. The maximum Gasteiger partial charge on any atom is 0.143 e. The number of aliphatic hydroxyl groups is 1. The molecule has 202 valence electrons. The fraction of sp³-hybridized carbons (Fsp3) is 0.0526. The summed E-state index contributed by atoms with van der Waals surface area (Å²) in [6, 6.07) is 48.2. The minimum atomic E-state index is -0.714. The average Bonchev–Trinajstić information content (AvgIpc) is 3.58. The molecule has 6 aromatic carbocycles. The first-order valence-corrected chi connectivity index (χ1v) is 14.2. The van der Waals surface area contributed by atoms with E-state index in [2.05, 4.69) is 126 Å². The van der Waals surface area contributed by atoms with Crippen molar-refractivity contribution in [2.45, 2.75) is 13.2 Å². The van der Waals surface area contributed by atoms with E-state index in [-0.39, 0.29) is 0 Å². The van der Waals surface area contributed by atoms with Crippen molar-refractivity contribution in [3.8, 4) is 16.8 Å². The lowest BCUT2D eigenvalue weighted by Crippen LogP contribution is -2.27. The summed E-state index contributed by atoms with van der Waals surface area (Å²) in [5.41, 5.74) is 9.15. The number of hydrogen-bond donors (Lipinski definition) is 1. The Morgan fingerprint density at radius 1 is 0.571 bits per heavy atom. The summed E-state index contributed by atoms with van der Waals surface area (Å²) in [4.78, 5) is 1.95. The zero-order chi connectivity index (χ0) is 28.2. The molecule has 0 bridgehead atoms. The highest BCUT2D eigenvalue weighted by atomic mass is 16.3. The number of benzene rings is 6. The average molecular weight is 545 g/mol. The van der Waals surface area contributed by atoms with Crippen molar-refractivity contribution >= 4 is 55.1 Å². The number of aliphatic hydroxyl groups excluding tert-OH is 1. The third-order valence-electron chi connectivity index (χ3n) is 8.20. The van der Waals surface area contributed by atoms with Gasteiger partial charge in [-0.1, -0.05) is 84.9 Å². The van der Waals surface area contributed by atoms with Gasteiger partial charge in [-0.2, -0.15) is 0 Å². The second kappa shape index (κ2) is 9.65. The molecule has 1 N–H and O–H groups in total. The van der Waals surface area contributed by atoms with E-state index in [0.717, 1.165) is 50.1 Å². The normalized spacial score (nSPS) is 12.4. The van der Waals surface area contributed by atoms with Crippen LogP contribution < -0.4 is 4.90 Å². The fourth-order valence-corrected chi connectivity index (χ4v) is 6.32. The number of rotatable bonds is 5. The molecular weight excluding hydrogens is 516 g/mol. The van der Waals surface area contributed by atoms with Crippen LogP contribution in [0, 0.1) is 0 Å². The van der Waals surface area contributed by atoms with Crippen LogP contribution in [0.1, 0.15) is 6.92 Å². The Morgan fingerprint density at radius 2 is 1.12 bits per heavy atom. The number of hydrogen-bond acceptors (Lipinski definition) is 3. The molecule has 8 rings (SSSR count). The second-order valence-corrected chi connectivity index (χ2v) is 10.7. The van der Waals surface area contributed by atoms with Gasteiger partial charge in [0.1, 0.15) is 17.4 Å². The van der Waals surface area contributed by atoms with Gasteiger partial charge in [0.05, 0.1) is 11.0 Å².